The molecule has 0 aliphatic carbocycles. The summed E-state index contributed by atoms with van der Waals surface area (Å²) >= 11 is 5.96. The molecule has 7 heteroatoms. The van der Waals surface area contributed by atoms with Crippen molar-refractivity contribution in [1.82, 2.24) is 0 Å². The maximum atomic E-state index is 12.8. The van der Waals surface area contributed by atoms with Crippen LogP contribution >= 0.6 is 11.6 Å². The summed E-state index contributed by atoms with van der Waals surface area (Å²) in [5.74, 6) is -0.736. The quantitative estimate of drug-likeness (QED) is 0.797. The van der Waals surface area contributed by atoms with Gasteiger partial charge in [-0.05, 0) is 30.3 Å². The standard InChI is InChI=1S/C16H11ClN4O2/c17-10-5-4-8-12(9-10)20-15(22)13-14(16(20)23)21(19-18-13)11-6-2-1-3-7-11/h1-9,13-14H/t13-,14+/m0/s1. The Labute approximate surface area is 136 Å². The van der Waals surface area contributed by atoms with Crippen molar-refractivity contribution < 1.29 is 9.59 Å². The normalized spacial score (nSPS) is 22.8. The Bertz CT molecular complexity index is 824. The molecule has 2 aromatic rings. The summed E-state index contributed by atoms with van der Waals surface area (Å²) in [5.41, 5.74) is 1.17. The Hall–Kier alpha value is -2.73. The monoisotopic (exact) mass is 326 g/mol. The number of benzene rings is 2. The van der Waals surface area contributed by atoms with Gasteiger partial charge >= 0.3 is 0 Å². The fourth-order valence-electron chi connectivity index (χ4n) is 2.82. The van der Waals surface area contributed by atoms with Gasteiger partial charge in [0.15, 0.2) is 12.1 Å². The lowest BCUT2D eigenvalue weighted by atomic mass is 10.1. The van der Waals surface area contributed by atoms with Gasteiger partial charge in [0, 0.05) is 5.02 Å². The third kappa shape index (κ3) is 2.10. The molecule has 2 amide bonds. The van der Waals surface area contributed by atoms with Gasteiger partial charge in [0.1, 0.15) is 0 Å². The topological polar surface area (TPSA) is 65.3 Å². The van der Waals surface area contributed by atoms with E-state index >= 15 is 0 Å². The van der Waals surface area contributed by atoms with E-state index in [1.807, 2.05) is 30.3 Å². The predicted octanol–water partition coefficient (Wildman–Crippen LogP) is 2.84. The number of nitrogens with zero attached hydrogens (tertiary/aromatic N) is 4. The highest BCUT2D eigenvalue weighted by atomic mass is 35.5. The molecule has 2 atom stereocenters. The van der Waals surface area contributed by atoms with Crippen LogP contribution in [0.3, 0.4) is 0 Å². The third-order valence-corrected chi connectivity index (χ3v) is 4.10. The summed E-state index contributed by atoms with van der Waals surface area (Å²) in [7, 11) is 0. The summed E-state index contributed by atoms with van der Waals surface area (Å²) in [6, 6.07) is 14.3. The number of para-hydroxylation sites is 1. The van der Waals surface area contributed by atoms with E-state index in [0.29, 0.717) is 10.7 Å². The third-order valence-electron chi connectivity index (χ3n) is 3.87. The molecular weight excluding hydrogens is 316 g/mol. The number of hydrogen-bond acceptors (Lipinski definition) is 5. The van der Waals surface area contributed by atoms with Gasteiger partial charge in [-0.2, -0.15) is 5.11 Å². The molecule has 23 heavy (non-hydrogen) atoms. The molecule has 6 nitrogen and oxygen atoms in total. The number of anilines is 2. The highest BCUT2D eigenvalue weighted by Gasteiger charge is 2.55. The van der Waals surface area contributed by atoms with Crippen LogP contribution in [0, 0.1) is 0 Å². The SMILES string of the molecule is O=C1[C@H]2N=NN(c3ccccc3)[C@H]2C(=O)N1c1cccc(Cl)c1. The Morgan fingerprint density at radius 2 is 1.65 bits per heavy atom. The molecule has 1 saturated heterocycles. The van der Waals surface area contributed by atoms with Gasteiger partial charge in [-0.3, -0.25) is 9.59 Å². The van der Waals surface area contributed by atoms with Crippen LogP contribution in [0.15, 0.2) is 64.9 Å². The number of rotatable bonds is 2. The maximum Gasteiger partial charge on any atom is 0.263 e. The van der Waals surface area contributed by atoms with Gasteiger partial charge in [0.2, 0.25) is 0 Å². The van der Waals surface area contributed by atoms with E-state index in [0.717, 1.165) is 10.6 Å². The minimum absolute atomic E-state index is 0.351. The lowest BCUT2D eigenvalue weighted by Gasteiger charge is -2.20. The molecule has 0 bridgehead atoms. The van der Waals surface area contributed by atoms with Crippen molar-refractivity contribution in [3.63, 3.8) is 0 Å². The molecule has 0 radical (unpaired) electrons. The predicted molar refractivity (Wildman–Crippen MR) is 85.3 cm³/mol. The molecule has 2 aromatic carbocycles. The Morgan fingerprint density at radius 3 is 2.39 bits per heavy atom. The van der Waals surface area contributed by atoms with E-state index < -0.39 is 12.1 Å². The molecule has 4 rings (SSSR count). The maximum absolute atomic E-state index is 12.8. The van der Waals surface area contributed by atoms with Crippen LogP contribution in [0.1, 0.15) is 0 Å². The Balaban J connectivity index is 1.72. The van der Waals surface area contributed by atoms with Crippen molar-refractivity contribution in [1.29, 1.82) is 0 Å². The first kappa shape index (κ1) is 13.9. The first-order valence-electron chi connectivity index (χ1n) is 7.05. The molecular formula is C16H11ClN4O2. The second kappa shape index (κ2) is 5.17. The van der Waals surface area contributed by atoms with E-state index in [-0.39, 0.29) is 11.8 Å². The van der Waals surface area contributed by atoms with Crippen molar-refractivity contribution in [2.75, 3.05) is 9.91 Å². The van der Waals surface area contributed by atoms with Gasteiger partial charge in [-0.25, -0.2) is 9.91 Å². The number of amides is 2. The van der Waals surface area contributed by atoms with Gasteiger partial charge < -0.3 is 0 Å². The number of halogens is 1. The van der Waals surface area contributed by atoms with Gasteiger partial charge in [0.25, 0.3) is 11.8 Å². The minimum Gasteiger partial charge on any atom is -0.271 e. The molecule has 0 N–H and O–H groups in total. The fourth-order valence-corrected chi connectivity index (χ4v) is 3.01. The molecule has 114 valence electrons. The van der Waals surface area contributed by atoms with Gasteiger partial charge in [-0.15, -0.1) is 0 Å². The van der Waals surface area contributed by atoms with Crippen molar-refractivity contribution in [2.45, 2.75) is 12.1 Å². The molecule has 1 fully saturated rings. The second-order valence-corrected chi connectivity index (χ2v) is 5.70. The van der Waals surface area contributed by atoms with Crippen LogP contribution in [0.2, 0.25) is 5.02 Å². The average molecular weight is 327 g/mol. The Kier molecular flexibility index (Phi) is 3.12. The number of hydrogen-bond donors (Lipinski definition) is 0. The highest BCUT2D eigenvalue weighted by Crippen LogP contribution is 2.35. The highest BCUT2D eigenvalue weighted by molar-refractivity contribution is 6.31. The lowest BCUT2D eigenvalue weighted by Crippen LogP contribution is -2.39. The van der Waals surface area contributed by atoms with Crippen LogP contribution in [0.4, 0.5) is 11.4 Å². The molecule has 0 saturated carbocycles. The van der Waals surface area contributed by atoms with Crippen molar-refractivity contribution in [3.05, 3.63) is 59.6 Å². The first-order valence-corrected chi connectivity index (χ1v) is 7.43. The van der Waals surface area contributed by atoms with E-state index in [9.17, 15) is 9.59 Å². The minimum atomic E-state index is -0.818. The van der Waals surface area contributed by atoms with Crippen LogP contribution in [-0.2, 0) is 9.59 Å². The fraction of sp³-hybridized carbons (Fsp3) is 0.125. The lowest BCUT2D eigenvalue weighted by molar-refractivity contribution is -0.121. The van der Waals surface area contributed by atoms with Crippen LogP contribution in [0.25, 0.3) is 0 Å². The molecule has 0 unspecified atom stereocenters. The summed E-state index contributed by atoms with van der Waals surface area (Å²) in [4.78, 5) is 26.5. The van der Waals surface area contributed by atoms with E-state index in [2.05, 4.69) is 10.3 Å². The van der Waals surface area contributed by atoms with Crippen LogP contribution in [0.5, 0.6) is 0 Å². The van der Waals surface area contributed by atoms with Crippen LogP contribution < -0.4 is 9.91 Å². The molecule has 2 heterocycles. The number of carbonyl (C=O) groups excluding carboxylic acids is 2. The zero-order valence-electron chi connectivity index (χ0n) is 11.8. The van der Waals surface area contributed by atoms with Crippen molar-refractivity contribution in [3.8, 4) is 0 Å². The molecule has 2 aliphatic rings. The summed E-state index contributed by atoms with van der Waals surface area (Å²) in [6.07, 6.45) is 0. The zero-order chi connectivity index (χ0) is 16.0. The van der Waals surface area contributed by atoms with Gasteiger partial charge in [-0.1, -0.05) is 41.1 Å². The number of imide groups is 1. The first-order chi connectivity index (χ1) is 11.2. The number of fused-ring (bicyclic) bond motifs is 1. The number of carbonyl (C=O) groups is 2. The molecule has 0 spiro atoms. The van der Waals surface area contributed by atoms with E-state index in [1.165, 1.54) is 5.01 Å². The Morgan fingerprint density at radius 1 is 0.913 bits per heavy atom. The van der Waals surface area contributed by atoms with Crippen molar-refractivity contribution in [2.24, 2.45) is 10.3 Å². The van der Waals surface area contributed by atoms with Crippen LogP contribution in [-0.4, -0.2) is 23.9 Å². The largest absolute Gasteiger partial charge is 0.271 e. The molecule has 2 aliphatic heterocycles. The summed E-state index contributed by atoms with van der Waals surface area (Å²) in [5, 5.41) is 9.95. The summed E-state index contributed by atoms with van der Waals surface area (Å²) < 4.78 is 0. The van der Waals surface area contributed by atoms with Gasteiger partial charge in [0.05, 0.1) is 11.4 Å². The average Bonchev–Trinajstić information content (AvgIpc) is 3.09. The van der Waals surface area contributed by atoms with E-state index in [1.54, 1.807) is 24.3 Å². The van der Waals surface area contributed by atoms with Crippen molar-refractivity contribution >= 4 is 34.8 Å². The smallest absolute Gasteiger partial charge is 0.263 e. The summed E-state index contributed by atoms with van der Waals surface area (Å²) in [6.45, 7) is 0. The second-order valence-electron chi connectivity index (χ2n) is 5.27. The molecule has 0 aromatic heterocycles. The van der Waals surface area contributed by atoms with E-state index in [4.69, 9.17) is 11.6 Å². The zero-order valence-corrected chi connectivity index (χ0v) is 12.6.